The van der Waals surface area contributed by atoms with Gasteiger partial charge in [-0.1, -0.05) is 85.0 Å². The molecule has 0 saturated heterocycles. The average molecular weight is 826 g/mol. The molecule has 0 aliphatic rings. The number of benzene rings is 4. The molecule has 15 heteroatoms. The Morgan fingerprint density at radius 3 is 1.97 bits per heavy atom. The van der Waals surface area contributed by atoms with Crippen molar-refractivity contribution in [2.45, 2.75) is 90.1 Å². The van der Waals surface area contributed by atoms with Crippen molar-refractivity contribution < 1.29 is 43.0 Å². The third-order valence-electron chi connectivity index (χ3n) is 8.60. The van der Waals surface area contributed by atoms with Crippen LogP contribution in [0.2, 0.25) is 0 Å². The van der Waals surface area contributed by atoms with E-state index >= 15 is 0 Å². The van der Waals surface area contributed by atoms with Crippen LogP contribution >= 0.6 is 12.2 Å². The molecule has 4 aromatic carbocycles. The number of rotatable bonds is 15. The summed E-state index contributed by atoms with van der Waals surface area (Å²) in [4.78, 5) is 80.4. The Kier molecular flexibility index (Phi) is 15.3. The molecule has 0 saturated carbocycles. The fraction of sp³-hybridized carbons (Fsp3) is 0.341. The van der Waals surface area contributed by atoms with Crippen molar-refractivity contribution in [1.29, 1.82) is 0 Å². The van der Waals surface area contributed by atoms with Crippen LogP contribution in [-0.4, -0.2) is 77.2 Å². The molecule has 0 unspecified atom stereocenters. The van der Waals surface area contributed by atoms with Gasteiger partial charge in [0, 0.05) is 29.7 Å². The van der Waals surface area contributed by atoms with E-state index < -0.39 is 71.5 Å². The highest BCUT2D eigenvalue weighted by molar-refractivity contribution is 7.80. The van der Waals surface area contributed by atoms with E-state index in [0.29, 0.717) is 11.1 Å². The van der Waals surface area contributed by atoms with Gasteiger partial charge >= 0.3 is 18.0 Å². The fourth-order valence-corrected chi connectivity index (χ4v) is 6.10. The zero-order chi connectivity index (χ0) is 43.5. The molecule has 6 N–H and O–H groups in total. The predicted octanol–water partition coefficient (Wildman–Crippen LogP) is 5.28. The standard InChI is InChI=1S/C44H51N5O9S/c1-43(2,3)57-36(50)25-34(40(53)48-35(41(54)56-7)24-29-14-10-13-27-12-8-9-17-32(27)29)47-38(51)30-15-11-16-31(23-30)46-39(52)33(49-42(55)58-44(4,5)6)22-26-18-20-28(21-19-26)37(45)59/h8-21,23,33-35H,22,24-25H2,1-7H3,(H2,45,59)(H,46,52)(H,47,51)(H,48,53)(H,49,55)/t33-,34-,35-/m0/s1. The summed E-state index contributed by atoms with van der Waals surface area (Å²) in [5.41, 5.74) is 6.30. The van der Waals surface area contributed by atoms with Gasteiger partial charge in [-0.2, -0.15) is 0 Å². The molecule has 0 radical (unpaired) electrons. The number of nitrogens with one attached hydrogen (secondary N) is 4. The number of ether oxygens (including phenoxy) is 3. The molecule has 0 aliphatic carbocycles. The van der Waals surface area contributed by atoms with Crippen LogP contribution in [0.4, 0.5) is 10.5 Å². The maximum absolute atomic E-state index is 13.9. The van der Waals surface area contributed by atoms with Gasteiger partial charge in [0.05, 0.1) is 13.5 Å². The molecule has 0 aromatic heterocycles. The monoisotopic (exact) mass is 825 g/mol. The zero-order valence-electron chi connectivity index (χ0n) is 34.2. The van der Waals surface area contributed by atoms with Crippen LogP contribution in [-0.2, 0) is 46.2 Å². The van der Waals surface area contributed by atoms with Gasteiger partial charge in [0.2, 0.25) is 11.8 Å². The smallest absolute Gasteiger partial charge is 0.408 e. The minimum Gasteiger partial charge on any atom is -0.467 e. The summed E-state index contributed by atoms with van der Waals surface area (Å²) >= 11 is 5.04. The highest BCUT2D eigenvalue weighted by Crippen LogP contribution is 2.21. The van der Waals surface area contributed by atoms with Crippen LogP contribution < -0.4 is 27.0 Å². The molecule has 0 aliphatic heterocycles. The number of thiocarbonyl (C=S) groups is 1. The number of carbonyl (C=O) groups is 6. The summed E-state index contributed by atoms with van der Waals surface area (Å²) in [6.45, 7) is 10.1. The molecule has 4 aromatic rings. The number of methoxy groups -OCH3 is 1. The SMILES string of the molecule is COC(=O)[C@H](Cc1cccc2ccccc12)NC(=O)[C@H](CC(=O)OC(C)(C)C)NC(=O)c1cccc(NC(=O)[C@H](Cc2ccc(C(N)=S)cc2)NC(=O)OC(C)(C)C)c1. The molecule has 0 bridgehead atoms. The second kappa shape index (κ2) is 19.9. The average Bonchev–Trinajstić information content (AvgIpc) is 3.15. The maximum Gasteiger partial charge on any atom is 0.408 e. The molecule has 4 amide bonds. The maximum atomic E-state index is 13.9. The van der Waals surface area contributed by atoms with Gasteiger partial charge in [0.1, 0.15) is 34.3 Å². The van der Waals surface area contributed by atoms with Gasteiger partial charge in [-0.25, -0.2) is 9.59 Å². The number of esters is 2. The lowest BCUT2D eigenvalue weighted by Crippen LogP contribution is -2.53. The normalized spacial score (nSPS) is 12.9. The van der Waals surface area contributed by atoms with Gasteiger partial charge in [0.25, 0.3) is 5.91 Å². The summed E-state index contributed by atoms with van der Waals surface area (Å²) in [6, 6.07) is 22.2. The van der Waals surface area contributed by atoms with Gasteiger partial charge < -0.3 is 41.2 Å². The topological polar surface area (TPSA) is 204 Å². The quantitative estimate of drug-likeness (QED) is 0.0593. The van der Waals surface area contributed by atoms with Gasteiger partial charge in [-0.3, -0.25) is 19.2 Å². The Morgan fingerprint density at radius 2 is 1.32 bits per heavy atom. The highest BCUT2D eigenvalue weighted by Gasteiger charge is 2.32. The summed E-state index contributed by atoms with van der Waals surface area (Å²) in [5.74, 6) is -3.72. The number of carbonyl (C=O) groups excluding carboxylic acids is 6. The minimum absolute atomic E-state index is 0.0232. The molecule has 0 fully saturated rings. The van der Waals surface area contributed by atoms with E-state index in [2.05, 4.69) is 21.3 Å². The van der Waals surface area contributed by atoms with Crippen molar-refractivity contribution >= 4 is 69.4 Å². The second-order valence-electron chi connectivity index (χ2n) is 15.8. The third kappa shape index (κ3) is 14.2. The van der Waals surface area contributed by atoms with E-state index in [1.807, 2.05) is 42.5 Å². The van der Waals surface area contributed by atoms with Crippen LogP contribution in [0.1, 0.15) is 75.0 Å². The molecule has 0 spiro atoms. The van der Waals surface area contributed by atoms with E-state index in [4.69, 9.17) is 32.2 Å². The van der Waals surface area contributed by atoms with E-state index in [-0.39, 0.29) is 29.1 Å². The van der Waals surface area contributed by atoms with Crippen LogP contribution in [0.3, 0.4) is 0 Å². The van der Waals surface area contributed by atoms with Crippen LogP contribution in [0.5, 0.6) is 0 Å². The first-order valence-electron chi connectivity index (χ1n) is 18.9. The summed E-state index contributed by atoms with van der Waals surface area (Å²) in [6.07, 6.45) is -1.25. The van der Waals surface area contributed by atoms with Crippen LogP contribution in [0.25, 0.3) is 10.8 Å². The number of fused-ring (bicyclic) bond motifs is 1. The predicted molar refractivity (Wildman–Crippen MR) is 228 cm³/mol. The second-order valence-corrected chi connectivity index (χ2v) is 16.2. The molecule has 312 valence electrons. The van der Waals surface area contributed by atoms with Crippen molar-refractivity contribution in [3.05, 3.63) is 113 Å². The first kappa shape index (κ1) is 45.4. The first-order chi connectivity index (χ1) is 27.7. The molecular formula is C44H51N5O9S. The van der Waals surface area contributed by atoms with Crippen molar-refractivity contribution in [3.8, 4) is 0 Å². The largest absolute Gasteiger partial charge is 0.467 e. The number of nitrogens with two attached hydrogens (primary N) is 1. The first-order valence-corrected chi connectivity index (χ1v) is 19.3. The van der Waals surface area contributed by atoms with Crippen molar-refractivity contribution in [1.82, 2.24) is 16.0 Å². The number of amides is 4. The number of anilines is 1. The fourth-order valence-electron chi connectivity index (χ4n) is 5.97. The summed E-state index contributed by atoms with van der Waals surface area (Å²) in [5, 5.41) is 12.4. The molecule has 0 heterocycles. The van der Waals surface area contributed by atoms with E-state index in [0.717, 1.165) is 16.3 Å². The molecular weight excluding hydrogens is 775 g/mol. The van der Waals surface area contributed by atoms with Gasteiger partial charge in [-0.05, 0) is 81.6 Å². The highest BCUT2D eigenvalue weighted by atomic mass is 32.1. The van der Waals surface area contributed by atoms with E-state index in [1.165, 1.54) is 31.4 Å². The Labute approximate surface area is 348 Å². The third-order valence-corrected chi connectivity index (χ3v) is 8.83. The van der Waals surface area contributed by atoms with Gasteiger partial charge in [0.15, 0.2) is 0 Å². The minimum atomic E-state index is -1.49. The Balaban J connectivity index is 1.56. The molecule has 3 atom stereocenters. The lowest BCUT2D eigenvalue weighted by atomic mass is 9.98. The van der Waals surface area contributed by atoms with Crippen LogP contribution in [0, 0.1) is 0 Å². The number of hydrogen-bond acceptors (Lipinski definition) is 10. The lowest BCUT2D eigenvalue weighted by molar-refractivity contribution is -0.156. The van der Waals surface area contributed by atoms with Crippen molar-refractivity contribution in [2.75, 3.05) is 12.4 Å². The molecule has 14 nitrogen and oxygen atoms in total. The van der Waals surface area contributed by atoms with Crippen LogP contribution in [0.15, 0.2) is 91.0 Å². The zero-order valence-corrected chi connectivity index (χ0v) is 35.0. The Morgan fingerprint density at radius 1 is 0.678 bits per heavy atom. The van der Waals surface area contributed by atoms with E-state index in [9.17, 15) is 28.8 Å². The Bertz CT molecular complexity index is 2190. The number of alkyl carbamates (subject to hydrolysis) is 1. The van der Waals surface area contributed by atoms with Crippen molar-refractivity contribution in [2.24, 2.45) is 5.73 Å². The molecule has 4 rings (SSSR count). The Hall–Kier alpha value is -6.35. The van der Waals surface area contributed by atoms with E-state index in [1.54, 1.807) is 65.8 Å². The number of hydrogen-bond donors (Lipinski definition) is 5. The van der Waals surface area contributed by atoms with Gasteiger partial charge in [-0.15, -0.1) is 0 Å². The van der Waals surface area contributed by atoms with Crippen molar-refractivity contribution in [3.63, 3.8) is 0 Å². The summed E-state index contributed by atoms with van der Waals surface area (Å²) < 4.78 is 15.9. The summed E-state index contributed by atoms with van der Waals surface area (Å²) in [7, 11) is 1.20. The lowest BCUT2D eigenvalue weighted by Gasteiger charge is -2.24. The molecule has 59 heavy (non-hydrogen) atoms.